The number of nitrogens with one attached hydrogen (secondary N) is 2. The third kappa shape index (κ3) is 6.47. The zero-order chi connectivity index (χ0) is 15.9. The van der Waals surface area contributed by atoms with E-state index in [4.69, 9.17) is 0 Å². The second-order valence-corrected chi connectivity index (χ2v) is 6.53. The van der Waals surface area contributed by atoms with Crippen molar-refractivity contribution in [1.29, 1.82) is 0 Å². The van der Waals surface area contributed by atoms with Gasteiger partial charge in [-0.2, -0.15) is 0 Å². The second-order valence-electron chi connectivity index (χ2n) is 5.59. The monoisotopic (exact) mass is 444 g/mol. The lowest BCUT2D eigenvalue weighted by Gasteiger charge is -2.11. The molecule has 0 aliphatic carbocycles. The van der Waals surface area contributed by atoms with E-state index in [9.17, 15) is 0 Å². The minimum atomic E-state index is 0. The van der Waals surface area contributed by atoms with Crippen LogP contribution in [0, 0.1) is 6.92 Å². The number of halogens is 1. The molecular weight excluding hydrogens is 419 g/mol. The lowest BCUT2D eigenvalue weighted by molar-refractivity contribution is 0.785. The molecule has 1 aromatic carbocycles. The number of aryl methyl sites for hydroxylation is 1. The van der Waals surface area contributed by atoms with Gasteiger partial charge in [0.15, 0.2) is 5.96 Å². The Morgan fingerprint density at radius 2 is 1.83 bits per heavy atom. The highest BCUT2D eigenvalue weighted by Crippen LogP contribution is 2.17. The van der Waals surface area contributed by atoms with Crippen molar-refractivity contribution in [3.63, 3.8) is 0 Å². The maximum Gasteiger partial charge on any atom is 0.191 e. The molecule has 1 heterocycles. The van der Waals surface area contributed by atoms with E-state index in [0.29, 0.717) is 12.5 Å². The highest BCUT2D eigenvalue weighted by Gasteiger charge is 2.06. The lowest BCUT2D eigenvalue weighted by atomic mass is 10.1. The van der Waals surface area contributed by atoms with Crippen LogP contribution in [0.4, 0.5) is 0 Å². The van der Waals surface area contributed by atoms with Gasteiger partial charge in [-0.05, 0) is 18.4 Å². The van der Waals surface area contributed by atoms with Crippen molar-refractivity contribution >= 4 is 41.3 Å². The van der Waals surface area contributed by atoms with Gasteiger partial charge in [0.25, 0.3) is 0 Å². The largest absolute Gasteiger partial charge is 0.352 e. The summed E-state index contributed by atoms with van der Waals surface area (Å²) >= 11 is 1.69. The summed E-state index contributed by atoms with van der Waals surface area (Å²) in [5.74, 6) is 1.27. The maximum atomic E-state index is 4.62. The first kappa shape index (κ1) is 19.9. The Morgan fingerprint density at radius 1 is 1.17 bits per heavy atom. The molecule has 126 valence electrons. The fraction of sp³-hybridized carbons (Fsp3) is 0.412. The Labute approximate surface area is 159 Å². The SMILES string of the molecule is CN=C(NCc1ccc(C)cc1)NCc1nc(C(C)C)cs1.I. The van der Waals surface area contributed by atoms with Crippen molar-refractivity contribution < 1.29 is 0 Å². The Bertz CT molecular complexity index is 620. The molecule has 2 N–H and O–H groups in total. The van der Waals surface area contributed by atoms with Crippen molar-refractivity contribution in [2.45, 2.75) is 39.8 Å². The summed E-state index contributed by atoms with van der Waals surface area (Å²) in [4.78, 5) is 8.87. The Hall–Kier alpha value is -1.15. The lowest BCUT2D eigenvalue weighted by Crippen LogP contribution is -2.36. The molecule has 0 saturated carbocycles. The van der Waals surface area contributed by atoms with Gasteiger partial charge in [-0.15, -0.1) is 35.3 Å². The van der Waals surface area contributed by atoms with E-state index < -0.39 is 0 Å². The van der Waals surface area contributed by atoms with Crippen LogP contribution in [0.3, 0.4) is 0 Å². The number of thiazole rings is 1. The van der Waals surface area contributed by atoms with Gasteiger partial charge in [0, 0.05) is 19.0 Å². The molecule has 6 heteroatoms. The second kappa shape index (κ2) is 9.87. The molecule has 2 rings (SSSR count). The van der Waals surface area contributed by atoms with Crippen molar-refractivity contribution in [2.24, 2.45) is 4.99 Å². The van der Waals surface area contributed by atoms with Crippen LogP contribution >= 0.6 is 35.3 Å². The van der Waals surface area contributed by atoms with Gasteiger partial charge < -0.3 is 10.6 Å². The topological polar surface area (TPSA) is 49.3 Å². The smallest absolute Gasteiger partial charge is 0.191 e. The third-order valence-corrected chi connectivity index (χ3v) is 4.24. The Balaban J connectivity index is 0.00000264. The summed E-state index contributed by atoms with van der Waals surface area (Å²) < 4.78 is 0. The van der Waals surface area contributed by atoms with E-state index in [2.05, 4.69) is 71.0 Å². The van der Waals surface area contributed by atoms with Crippen molar-refractivity contribution in [3.05, 3.63) is 51.5 Å². The molecule has 0 radical (unpaired) electrons. The molecule has 23 heavy (non-hydrogen) atoms. The van der Waals surface area contributed by atoms with E-state index in [1.54, 1.807) is 18.4 Å². The van der Waals surface area contributed by atoms with E-state index >= 15 is 0 Å². The number of guanidine groups is 1. The fourth-order valence-electron chi connectivity index (χ4n) is 1.94. The predicted molar refractivity (Wildman–Crippen MR) is 110 cm³/mol. The molecule has 0 bridgehead atoms. The number of benzene rings is 1. The van der Waals surface area contributed by atoms with Crippen molar-refractivity contribution in [3.8, 4) is 0 Å². The van der Waals surface area contributed by atoms with Gasteiger partial charge in [0.2, 0.25) is 0 Å². The molecule has 0 saturated heterocycles. The molecule has 0 aliphatic rings. The number of hydrogen-bond acceptors (Lipinski definition) is 3. The zero-order valence-electron chi connectivity index (χ0n) is 14.1. The van der Waals surface area contributed by atoms with Crippen LogP contribution in [0.15, 0.2) is 34.6 Å². The maximum absolute atomic E-state index is 4.62. The summed E-state index contributed by atoms with van der Waals surface area (Å²) in [5.41, 5.74) is 3.67. The summed E-state index contributed by atoms with van der Waals surface area (Å²) in [6.45, 7) is 7.87. The predicted octanol–water partition coefficient (Wildman–Crippen LogP) is 4.06. The number of hydrogen-bond donors (Lipinski definition) is 2. The minimum Gasteiger partial charge on any atom is -0.352 e. The van der Waals surface area contributed by atoms with Crippen LogP contribution in [-0.2, 0) is 13.1 Å². The molecule has 1 aromatic heterocycles. The average molecular weight is 444 g/mol. The van der Waals surface area contributed by atoms with Crippen LogP contribution in [0.5, 0.6) is 0 Å². The van der Waals surface area contributed by atoms with E-state index in [1.165, 1.54) is 11.1 Å². The molecule has 0 spiro atoms. The fourth-order valence-corrected chi connectivity index (χ4v) is 2.84. The van der Waals surface area contributed by atoms with Crippen LogP contribution in [0.1, 0.15) is 41.6 Å². The number of aromatic nitrogens is 1. The molecule has 0 aliphatic heterocycles. The summed E-state index contributed by atoms with van der Waals surface area (Å²) in [6, 6.07) is 8.50. The molecule has 0 unspecified atom stereocenters. The number of aliphatic imine (C=N–C) groups is 1. The summed E-state index contributed by atoms with van der Waals surface area (Å²) in [7, 11) is 1.78. The molecule has 2 aromatic rings. The van der Waals surface area contributed by atoms with E-state index in [-0.39, 0.29) is 24.0 Å². The summed E-state index contributed by atoms with van der Waals surface area (Å²) in [6.07, 6.45) is 0. The van der Waals surface area contributed by atoms with Gasteiger partial charge in [-0.25, -0.2) is 4.98 Å². The first-order valence-corrected chi connectivity index (χ1v) is 8.41. The quantitative estimate of drug-likeness (QED) is 0.416. The zero-order valence-corrected chi connectivity index (χ0v) is 17.2. The minimum absolute atomic E-state index is 0. The average Bonchev–Trinajstić information content (AvgIpc) is 2.98. The Kier molecular flexibility index (Phi) is 8.54. The number of rotatable bonds is 5. The normalized spacial score (nSPS) is 11.3. The van der Waals surface area contributed by atoms with Gasteiger partial charge in [0.1, 0.15) is 5.01 Å². The highest BCUT2D eigenvalue weighted by molar-refractivity contribution is 14.0. The van der Waals surface area contributed by atoms with Gasteiger partial charge in [-0.3, -0.25) is 4.99 Å². The first-order valence-electron chi connectivity index (χ1n) is 7.53. The van der Waals surface area contributed by atoms with Crippen LogP contribution in [-0.4, -0.2) is 18.0 Å². The van der Waals surface area contributed by atoms with Crippen LogP contribution in [0.2, 0.25) is 0 Å². The van der Waals surface area contributed by atoms with Crippen molar-refractivity contribution in [1.82, 2.24) is 15.6 Å². The molecule has 0 fully saturated rings. The Morgan fingerprint density at radius 3 is 2.39 bits per heavy atom. The van der Waals surface area contributed by atoms with Gasteiger partial charge in [0.05, 0.1) is 12.2 Å². The first-order chi connectivity index (χ1) is 10.6. The molecular formula is C17H25IN4S. The highest BCUT2D eigenvalue weighted by atomic mass is 127. The van der Waals surface area contributed by atoms with Crippen LogP contribution < -0.4 is 10.6 Å². The van der Waals surface area contributed by atoms with Crippen LogP contribution in [0.25, 0.3) is 0 Å². The van der Waals surface area contributed by atoms with E-state index in [0.717, 1.165) is 23.2 Å². The molecule has 0 atom stereocenters. The van der Waals surface area contributed by atoms with Gasteiger partial charge in [-0.1, -0.05) is 43.7 Å². The van der Waals surface area contributed by atoms with Crippen molar-refractivity contribution in [2.75, 3.05) is 7.05 Å². The van der Waals surface area contributed by atoms with E-state index in [1.807, 2.05) is 0 Å². The summed E-state index contributed by atoms with van der Waals surface area (Å²) in [5, 5.41) is 9.84. The standard InChI is InChI=1S/C17H24N4S.HI/c1-12(2)15-11-22-16(21-15)10-20-17(18-4)19-9-14-7-5-13(3)6-8-14;/h5-8,11-12H,9-10H2,1-4H3,(H2,18,19,20);1H. The molecule has 4 nitrogen and oxygen atoms in total. The number of nitrogens with zero attached hydrogens (tertiary/aromatic N) is 2. The van der Waals surface area contributed by atoms with Gasteiger partial charge >= 0.3 is 0 Å². The third-order valence-electron chi connectivity index (χ3n) is 3.37. The molecule has 0 amide bonds.